The van der Waals surface area contributed by atoms with Gasteiger partial charge in [-0.3, -0.25) is 9.59 Å². The van der Waals surface area contributed by atoms with Crippen LogP contribution in [0.2, 0.25) is 0 Å². The van der Waals surface area contributed by atoms with Crippen molar-refractivity contribution in [2.75, 3.05) is 26.2 Å². The van der Waals surface area contributed by atoms with Crippen LogP contribution in [-0.4, -0.2) is 97.9 Å². The monoisotopic (exact) mass is 893 g/mol. The van der Waals surface area contributed by atoms with Gasteiger partial charge in [0.05, 0.1) is 11.4 Å². The molecule has 2 heterocycles. The molecule has 64 heavy (non-hydrogen) atoms. The number of alkyl halides is 2. The Labute approximate surface area is 376 Å². The van der Waals surface area contributed by atoms with E-state index in [0.29, 0.717) is 50.3 Å². The van der Waals surface area contributed by atoms with Crippen molar-refractivity contribution in [2.45, 2.75) is 167 Å². The first-order valence-electron chi connectivity index (χ1n) is 25.0. The quantitative estimate of drug-likeness (QED) is 0.146. The van der Waals surface area contributed by atoms with Gasteiger partial charge in [0.15, 0.2) is 0 Å². The summed E-state index contributed by atoms with van der Waals surface area (Å²) in [6, 6.07) is 0. The Balaban J connectivity index is 0.893. The second-order valence-corrected chi connectivity index (χ2v) is 22.7. The molecule has 8 saturated carbocycles. The lowest BCUT2D eigenvalue weighted by molar-refractivity contribution is -0.185. The number of carbonyl (C=O) groups is 4. The van der Waals surface area contributed by atoms with Crippen molar-refractivity contribution >= 4 is 34.9 Å². The molecule has 10 fully saturated rings. The molecule has 18 atom stereocenters. The smallest absolute Gasteiger partial charge is 0.331 e. The van der Waals surface area contributed by atoms with Gasteiger partial charge in [-0.1, -0.05) is 38.0 Å². The van der Waals surface area contributed by atoms with Gasteiger partial charge in [-0.15, -0.1) is 0 Å². The number of rotatable bonds is 8. The standard InChI is InChI=1S/C50H70F2N4O8/c1-47-19-15-33-29(31(47)9-11-39(47)57)5-7-35-45(51)37(55-63-27-17-21-53-25-27)23-41(49(33,35)3)61-43(59)13-14-44(60)62-42-24-38(56-64-28-18-22-54-26-28)46(52)36-8-6-30-32-10-12-40(58)48(32,2)20-16-34(30)50(36,42)4/h13-14,27-36,41-42,45-46,53-54H,5-12,15-26H2,1-4H3/b14-13+,55-37+,56-38+/t27-,28-,29+,30+,31+,32+,33-,34-,35?,36?,41?,42?,45?,46?,47+,48+,49-,50-/m1/s1. The molecule has 0 aromatic rings. The normalized spacial score (nSPS) is 49.7. The number of fused-ring (bicyclic) bond motifs is 10. The number of carbonyl (C=O) groups excluding carboxylic acids is 4. The molecule has 0 spiro atoms. The van der Waals surface area contributed by atoms with E-state index in [9.17, 15) is 19.2 Å². The first-order chi connectivity index (χ1) is 30.7. The van der Waals surface area contributed by atoms with E-state index in [1.807, 2.05) is 0 Å². The third-order valence-electron chi connectivity index (χ3n) is 20.2. The molecule has 6 unspecified atom stereocenters. The summed E-state index contributed by atoms with van der Waals surface area (Å²) >= 11 is 0. The maximum absolute atomic E-state index is 16.8. The summed E-state index contributed by atoms with van der Waals surface area (Å²) in [5, 5.41) is 15.3. The zero-order valence-corrected chi connectivity index (χ0v) is 38.3. The Kier molecular flexibility index (Phi) is 11.7. The van der Waals surface area contributed by atoms with Crippen LogP contribution in [0.5, 0.6) is 0 Å². The van der Waals surface area contributed by atoms with Crippen molar-refractivity contribution in [3.63, 3.8) is 0 Å². The van der Waals surface area contributed by atoms with Crippen molar-refractivity contribution in [3.05, 3.63) is 12.2 Å². The fourth-order valence-electron chi connectivity index (χ4n) is 16.5. The molecule has 2 aliphatic heterocycles. The molecule has 0 aromatic carbocycles. The van der Waals surface area contributed by atoms with Gasteiger partial charge in [-0.25, -0.2) is 18.4 Å². The number of nitrogens with zero attached hydrogens (tertiary/aromatic N) is 2. The fraction of sp³-hybridized carbons (Fsp3) is 0.840. The highest BCUT2D eigenvalue weighted by Crippen LogP contribution is 2.68. The molecule has 352 valence electrons. The van der Waals surface area contributed by atoms with Gasteiger partial charge in [-0.05, 0) is 113 Å². The number of Topliss-reactive ketones (excluding diaryl/α,β-unsaturated/α-hetero) is 2. The maximum atomic E-state index is 16.8. The second-order valence-electron chi connectivity index (χ2n) is 22.7. The predicted molar refractivity (Wildman–Crippen MR) is 233 cm³/mol. The van der Waals surface area contributed by atoms with Gasteiger partial charge < -0.3 is 29.8 Å². The maximum Gasteiger partial charge on any atom is 0.331 e. The molecular weight excluding hydrogens is 823 g/mol. The molecule has 10 rings (SSSR count). The molecule has 2 N–H and O–H groups in total. The van der Waals surface area contributed by atoms with Gasteiger partial charge in [0.2, 0.25) is 0 Å². The van der Waals surface area contributed by atoms with E-state index >= 15 is 8.78 Å². The van der Waals surface area contributed by atoms with Crippen molar-refractivity contribution < 1.29 is 47.1 Å². The first kappa shape index (κ1) is 44.6. The van der Waals surface area contributed by atoms with Crippen LogP contribution in [0.25, 0.3) is 0 Å². The lowest BCUT2D eigenvalue weighted by Gasteiger charge is -2.61. The summed E-state index contributed by atoms with van der Waals surface area (Å²) < 4.78 is 46.4. The average Bonchev–Trinajstić information content (AvgIpc) is 4.10. The number of ether oxygens (including phenoxy) is 2. The fourth-order valence-corrected chi connectivity index (χ4v) is 16.5. The van der Waals surface area contributed by atoms with Crippen LogP contribution in [0.4, 0.5) is 8.78 Å². The van der Waals surface area contributed by atoms with E-state index in [1.165, 1.54) is 0 Å². The van der Waals surface area contributed by atoms with Crippen LogP contribution in [0, 0.1) is 69.0 Å². The van der Waals surface area contributed by atoms with Crippen LogP contribution in [0.3, 0.4) is 0 Å². The van der Waals surface area contributed by atoms with E-state index in [2.05, 4.69) is 48.6 Å². The van der Waals surface area contributed by atoms with E-state index in [4.69, 9.17) is 19.1 Å². The number of hydrogen-bond acceptors (Lipinski definition) is 12. The van der Waals surface area contributed by atoms with Crippen molar-refractivity contribution in [3.8, 4) is 0 Å². The number of oxime groups is 2. The summed E-state index contributed by atoms with van der Waals surface area (Å²) in [4.78, 5) is 66.1. The van der Waals surface area contributed by atoms with Gasteiger partial charge in [0.25, 0.3) is 0 Å². The number of nitrogens with one attached hydrogen (secondary N) is 2. The SMILES string of the molecule is C[C@]12C(OC(=O)/C=C/C(=O)OC3C/C(=N\O[C@@H]4CCNC4)C(F)C4CC[C@@H]5[C@@H](CC[C@]6(C)C(=O)CC[C@@H]56)[C@@]34C)C/C(=N\O[C@@H]3CCNC3)C(F)C1CC[C@@H]1[C@H]2CC[C@]2(C)C(=O)CC[C@@H]12. The highest BCUT2D eigenvalue weighted by molar-refractivity contribution is 5.94. The topological polar surface area (TPSA) is 154 Å². The highest BCUT2D eigenvalue weighted by Gasteiger charge is 2.67. The summed E-state index contributed by atoms with van der Waals surface area (Å²) in [7, 11) is 0. The van der Waals surface area contributed by atoms with E-state index in [0.717, 1.165) is 89.4 Å². The van der Waals surface area contributed by atoms with Gasteiger partial charge in [-0.2, -0.15) is 0 Å². The lowest BCUT2D eigenvalue weighted by atomic mass is 9.44. The summed E-state index contributed by atoms with van der Waals surface area (Å²) in [6.45, 7) is 11.3. The molecule has 0 radical (unpaired) electrons. The molecule has 0 aromatic heterocycles. The average molecular weight is 893 g/mol. The van der Waals surface area contributed by atoms with Crippen LogP contribution >= 0.6 is 0 Å². The highest BCUT2D eigenvalue weighted by atomic mass is 19.1. The van der Waals surface area contributed by atoms with E-state index in [-0.39, 0.29) is 82.8 Å². The lowest BCUT2D eigenvalue weighted by Crippen LogP contribution is -2.62. The van der Waals surface area contributed by atoms with Gasteiger partial charge in [0, 0.05) is 97.3 Å². The van der Waals surface area contributed by atoms with Gasteiger partial charge in [0.1, 0.15) is 48.3 Å². The third-order valence-corrected chi connectivity index (χ3v) is 20.2. The zero-order chi connectivity index (χ0) is 44.8. The molecule has 12 nitrogen and oxygen atoms in total. The Morgan fingerprint density at radius 1 is 0.578 bits per heavy atom. The summed E-state index contributed by atoms with van der Waals surface area (Å²) in [6.07, 6.45) is 8.05. The zero-order valence-electron chi connectivity index (χ0n) is 38.3. The molecule has 0 amide bonds. The number of ketones is 2. The van der Waals surface area contributed by atoms with Crippen molar-refractivity contribution in [1.82, 2.24) is 10.6 Å². The Morgan fingerprint density at radius 3 is 1.39 bits per heavy atom. The van der Waals surface area contributed by atoms with E-state index in [1.54, 1.807) is 0 Å². The molecule has 8 aliphatic carbocycles. The van der Waals surface area contributed by atoms with Gasteiger partial charge >= 0.3 is 11.9 Å². The minimum Gasteiger partial charge on any atom is -0.458 e. The molecular formula is C50H70F2N4O8. The Hall–Kier alpha value is -3.26. The Bertz CT molecular complexity index is 1830. The summed E-state index contributed by atoms with van der Waals surface area (Å²) in [5.74, 6) is -0.739. The van der Waals surface area contributed by atoms with Crippen LogP contribution < -0.4 is 10.6 Å². The minimum atomic E-state index is -1.36. The number of halogens is 2. The molecule has 2 saturated heterocycles. The number of esters is 2. The van der Waals surface area contributed by atoms with Crippen molar-refractivity contribution in [1.29, 1.82) is 0 Å². The Morgan fingerprint density at radius 2 is 1.00 bits per heavy atom. The van der Waals surface area contributed by atoms with Crippen molar-refractivity contribution in [2.24, 2.45) is 79.3 Å². The predicted octanol–water partition coefficient (Wildman–Crippen LogP) is 7.17. The van der Waals surface area contributed by atoms with Crippen LogP contribution in [0.1, 0.15) is 130 Å². The molecule has 14 heteroatoms. The second kappa shape index (κ2) is 16.8. The number of hydrogen-bond donors (Lipinski definition) is 2. The first-order valence-corrected chi connectivity index (χ1v) is 25.0. The van der Waals surface area contributed by atoms with E-state index < -0.39 is 59.2 Å². The third kappa shape index (κ3) is 7.13. The molecule has 0 bridgehead atoms. The molecule has 10 aliphatic rings. The largest absolute Gasteiger partial charge is 0.458 e. The summed E-state index contributed by atoms with van der Waals surface area (Å²) in [5.41, 5.74) is -1.69. The van der Waals surface area contributed by atoms with Crippen LogP contribution in [0.15, 0.2) is 22.5 Å². The van der Waals surface area contributed by atoms with Crippen LogP contribution in [-0.2, 0) is 38.3 Å². The minimum absolute atomic E-state index is 0.0464.